The van der Waals surface area contributed by atoms with Gasteiger partial charge in [0.2, 0.25) is 5.91 Å². The molecular formula is C13H20N4O5. The molecule has 0 spiro atoms. The van der Waals surface area contributed by atoms with E-state index in [-0.39, 0.29) is 17.9 Å². The molecule has 0 aromatic heterocycles. The maximum Gasteiger partial charge on any atom is 0.344 e. The predicted molar refractivity (Wildman–Crippen MR) is 72.4 cm³/mol. The van der Waals surface area contributed by atoms with Crippen molar-refractivity contribution in [3.8, 4) is 0 Å². The van der Waals surface area contributed by atoms with Crippen molar-refractivity contribution in [1.29, 1.82) is 0 Å². The van der Waals surface area contributed by atoms with E-state index in [0.29, 0.717) is 50.5 Å². The number of piperidine rings is 1. The van der Waals surface area contributed by atoms with Gasteiger partial charge in [0.15, 0.2) is 0 Å². The molecule has 3 N–H and O–H groups in total. The Morgan fingerprint density at radius 1 is 1.09 bits per heavy atom. The first kappa shape index (κ1) is 15.0. The molecule has 9 heteroatoms. The lowest BCUT2D eigenvalue weighted by molar-refractivity contribution is -0.135. The van der Waals surface area contributed by atoms with Gasteiger partial charge in [0.05, 0.1) is 6.04 Å². The zero-order valence-corrected chi connectivity index (χ0v) is 12.2. The molecule has 2 atom stereocenters. The second-order valence-corrected chi connectivity index (χ2v) is 5.89. The molecule has 3 heterocycles. The smallest absolute Gasteiger partial charge is 0.344 e. The summed E-state index contributed by atoms with van der Waals surface area (Å²) in [6.45, 7) is 1.43. The largest absolute Gasteiger partial charge is 0.381 e. The highest BCUT2D eigenvalue weighted by atomic mass is 16.5. The number of ether oxygens (including phenoxy) is 1. The van der Waals surface area contributed by atoms with Crippen LogP contribution in [-0.2, 0) is 14.3 Å². The van der Waals surface area contributed by atoms with Crippen molar-refractivity contribution >= 4 is 17.8 Å². The van der Waals surface area contributed by atoms with Gasteiger partial charge in [-0.25, -0.2) is 9.86 Å². The Balaban J connectivity index is 1.51. The Labute approximate surface area is 127 Å². The Bertz CT molecular complexity index is 479. The molecule has 0 saturated carbocycles. The highest BCUT2D eigenvalue weighted by molar-refractivity contribution is 5.90. The summed E-state index contributed by atoms with van der Waals surface area (Å²) in [5.41, 5.74) is 4.82. The van der Waals surface area contributed by atoms with Crippen LogP contribution in [0.3, 0.4) is 0 Å². The number of nitrogens with one attached hydrogen (secondary N) is 2. The first-order chi connectivity index (χ1) is 10.6. The minimum atomic E-state index is -0.657. The fourth-order valence-electron chi connectivity index (χ4n) is 3.19. The van der Waals surface area contributed by atoms with Crippen LogP contribution >= 0.6 is 0 Å². The van der Waals surface area contributed by atoms with Gasteiger partial charge in [0.25, 0.3) is 5.91 Å². The molecule has 3 rings (SSSR count). The summed E-state index contributed by atoms with van der Waals surface area (Å²) in [5.74, 6) is -0.824. The van der Waals surface area contributed by atoms with E-state index >= 15 is 0 Å². The van der Waals surface area contributed by atoms with Crippen LogP contribution in [0.25, 0.3) is 0 Å². The van der Waals surface area contributed by atoms with Crippen LogP contribution in [0.1, 0.15) is 25.7 Å². The summed E-state index contributed by atoms with van der Waals surface area (Å²) in [5, 5.41) is 10.3. The van der Waals surface area contributed by atoms with Crippen LogP contribution in [-0.4, -0.2) is 64.9 Å². The van der Waals surface area contributed by atoms with Crippen LogP contribution in [0.4, 0.5) is 4.79 Å². The average molecular weight is 312 g/mol. The zero-order chi connectivity index (χ0) is 15.7. The predicted octanol–water partition coefficient (Wildman–Crippen LogP) is -0.782. The number of fused-ring (bicyclic) bond motifs is 2. The quantitative estimate of drug-likeness (QED) is 0.457. The molecule has 3 saturated heterocycles. The first-order valence-corrected chi connectivity index (χ1v) is 7.54. The average Bonchev–Trinajstić information content (AvgIpc) is 2.78. The molecule has 22 heavy (non-hydrogen) atoms. The van der Waals surface area contributed by atoms with Crippen LogP contribution < -0.4 is 10.9 Å². The molecule has 0 unspecified atom stereocenters. The minimum Gasteiger partial charge on any atom is -0.381 e. The van der Waals surface area contributed by atoms with Gasteiger partial charge in [-0.1, -0.05) is 0 Å². The molecule has 4 amide bonds. The van der Waals surface area contributed by atoms with Crippen LogP contribution in [0.5, 0.6) is 0 Å². The van der Waals surface area contributed by atoms with E-state index in [1.165, 1.54) is 4.90 Å². The van der Waals surface area contributed by atoms with Crippen molar-refractivity contribution < 1.29 is 24.3 Å². The third-order valence-electron chi connectivity index (χ3n) is 4.55. The van der Waals surface area contributed by atoms with Crippen LogP contribution in [0.2, 0.25) is 0 Å². The van der Waals surface area contributed by atoms with Crippen LogP contribution in [0, 0.1) is 5.92 Å². The Morgan fingerprint density at radius 2 is 1.77 bits per heavy atom. The van der Waals surface area contributed by atoms with E-state index < -0.39 is 18.0 Å². The maximum atomic E-state index is 12.2. The van der Waals surface area contributed by atoms with E-state index in [1.807, 2.05) is 0 Å². The van der Waals surface area contributed by atoms with Gasteiger partial charge < -0.3 is 9.64 Å². The summed E-state index contributed by atoms with van der Waals surface area (Å²) in [6.07, 6.45) is 2.30. The van der Waals surface area contributed by atoms with Crippen molar-refractivity contribution in [2.75, 3.05) is 19.8 Å². The molecule has 3 aliphatic heterocycles. The third kappa shape index (κ3) is 2.73. The SMILES string of the molecule is O=C(NNC(=O)[C@@H]1CC[C@@H]2CN1C(=O)N2O)C1CCOCC1. The van der Waals surface area contributed by atoms with Gasteiger partial charge in [0, 0.05) is 25.7 Å². The standard InChI is InChI=1S/C13H20N4O5/c18-11(8-3-5-22-6-4-8)14-15-12(19)10-2-1-9-7-16(10)13(20)17(9)21/h8-10,21H,1-7H2,(H,14,18)(H,15,19)/t9-,10+/m1/s1. The van der Waals surface area contributed by atoms with E-state index in [1.54, 1.807) is 0 Å². The lowest BCUT2D eigenvalue weighted by Gasteiger charge is -2.29. The molecule has 3 aliphatic rings. The summed E-state index contributed by atoms with van der Waals surface area (Å²) in [4.78, 5) is 37.3. The number of nitrogens with zero attached hydrogens (tertiary/aromatic N) is 2. The first-order valence-electron chi connectivity index (χ1n) is 7.54. The fraction of sp³-hybridized carbons (Fsp3) is 0.769. The Morgan fingerprint density at radius 3 is 2.50 bits per heavy atom. The number of carbonyl (C=O) groups excluding carboxylic acids is 3. The van der Waals surface area contributed by atoms with Gasteiger partial charge in [-0.2, -0.15) is 0 Å². The monoisotopic (exact) mass is 312 g/mol. The fourth-order valence-corrected chi connectivity index (χ4v) is 3.19. The topological polar surface area (TPSA) is 111 Å². The summed E-state index contributed by atoms with van der Waals surface area (Å²) in [7, 11) is 0. The van der Waals surface area contributed by atoms with Gasteiger partial charge in [0.1, 0.15) is 6.04 Å². The van der Waals surface area contributed by atoms with Gasteiger partial charge in [-0.05, 0) is 25.7 Å². The molecule has 0 aromatic rings. The Hall–Kier alpha value is -1.87. The van der Waals surface area contributed by atoms with E-state index in [2.05, 4.69) is 10.9 Å². The summed E-state index contributed by atoms with van der Waals surface area (Å²) >= 11 is 0. The molecular weight excluding hydrogens is 292 g/mol. The zero-order valence-electron chi connectivity index (χ0n) is 12.2. The Kier molecular flexibility index (Phi) is 4.16. The van der Waals surface area contributed by atoms with Gasteiger partial charge in [-0.15, -0.1) is 0 Å². The molecule has 122 valence electrons. The van der Waals surface area contributed by atoms with E-state index in [9.17, 15) is 19.6 Å². The number of carbonyl (C=O) groups is 3. The molecule has 0 aliphatic carbocycles. The second-order valence-electron chi connectivity index (χ2n) is 5.89. The lowest BCUT2D eigenvalue weighted by Crippen LogP contribution is -2.55. The number of hydrogen-bond donors (Lipinski definition) is 3. The van der Waals surface area contributed by atoms with Crippen LogP contribution in [0.15, 0.2) is 0 Å². The van der Waals surface area contributed by atoms with Gasteiger partial charge in [-0.3, -0.25) is 25.6 Å². The number of rotatable bonds is 2. The number of amides is 4. The molecule has 3 fully saturated rings. The molecule has 0 aromatic carbocycles. The molecule has 0 radical (unpaired) electrons. The normalized spacial score (nSPS) is 28.7. The van der Waals surface area contributed by atoms with E-state index in [4.69, 9.17) is 4.74 Å². The molecule has 9 nitrogen and oxygen atoms in total. The van der Waals surface area contributed by atoms with Crippen molar-refractivity contribution in [1.82, 2.24) is 20.8 Å². The van der Waals surface area contributed by atoms with Crippen molar-refractivity contribution in [2.45, 2.75) is 37.8 Å². The number of hydrazine groups is 1. The summed E-state index contributed by atoms with van der Waals surface area (Å²) in [6, 6.07) is -1.46. The number of hydrogen-bond acceptors (Lipinski definition) is 5. The third-order valence-corrected chi connectivity index (χ3v) is 4.55. The highest BCUT2D eigenvalue weighted by Crippen LogP contribution is 2.28. The number of hydroxylamine groups is 2. The number of urea groups is 1. The lowest BCUT2D eigenvalue weighted by atomic mass is 9.99. The van der Waals surface area contributed by atoms with E-state index in [0.717, 1.165) is 0 Å². The van der Waals surface area contributed by atoms with Crippen molar-refractivity contribution in [3.05, 3.63) is 0 Å². The molecule has 2 bridgehead atoms. The van der Waals surface area contributed by atoms with Crippen molar-refractivity contribution in [2.24, 2.45) is 5.92 Å². The second kappa shape index (κ2) is 6.09. The minimum absolute atomic E-state index is 0.161. The van der Waals surface area contributed by atoms with Gasteiger partial charge >= 0.3 is 6.03 Å². The summed E-state index contributed by atoms with van der Waals surface area (Å²) < 4.78 is 5.19. The maximum absolute atomic E-state index is 12.2. The van der Waals surface area contributed by atoms with Crippen molar-refractivity contribution in [3.63, 3.8) is 0 Å². The highest BCUT2D eigenvalue weighted by Gasteiger charge is 2.46.